The summed E-state index contributed by atoms with van der Waals surface area (Å²) in [5.41, 5.74) is 0.521. The van der Waals surface area contributed by atoms with Crippen molar-refractivity contribution in [2.24, 2.45) is 5.92 Å². The second-order valence-electron chi connectivity index (χ2n) is 6.22. The standard InChI is InChI=1S/C17H26N2O3S/c1-3-10-19-11-8-15(9-12-19)13-18-23(21,22)17-6-4-16(5-7-17)14(2)20/h4-7,15,18H,3,8-13H2,1-2H3. The predicted molar refractivity (Wildman–Crippen MR) is 91.1 cm³/mol. The van der Waals surface area contributed by atoms with Gasteiger partial charge in [-0.1, -0.05) is 19.1 Å². The maximum absolute atomic E-state index is 12.3. The van der Waals surface area contributed by atoms with Gasteiger partial charge in [-0.25, -0.2) is 13.1 Å². The zero-order valence-corrected chi connectivity index (χ0v) is 14.7. The van der Waals surface area contributed by atoms with Gasteiger partial charge in [0, 0.05) is 12.1 Å². The molecule has 0 aliphatic carbocycles. The Morgan fingerprint density at radius 2 is 1.83 bits per heavy atom. The minimum Gasteiger partial charge on any atom is -0.303 e. The lowest BCUT2D eigenvalue weighted by Crippen LogP contribution is -2.38. The molecule has 1 heterocycles. The lowest BCUT2D eigenvalue weighted by atomic mass is 9.97. The molecule has 1 N–H and O–H groups in total. The Morgan fingerprint density at radius 3 is 2.35 bits per heavy atom. The van der Waals surface area contributed by atoms with Gasteiger partial charge in [0.15, 0.2) is 5.78 Å². The largest absolute Gasteiger partial charge is 0.303 e. The van der Waals surface area contributed by atoms with Crippen LogP contribution in [0.15, 0.2) is 29.2 Å². The highest BCUT2D eigenvalue weighted by atomic mass is 32.2. The Kier molecular flexibility index (Phi) is 6.33. The number of likely N-dealkylation sites (tertiary alicyclic amines) is 1. The Bertz CT molecular complexity index is 618. The van der Waals surface area contributed by atoms with Crippen LogP contribution in [0, 0.1) is 5.92 Å². The van der Waals surface area contributed by atoms with Gasteiger partial charge in [-0.2, -0.15) is 0 Å². The lowest BCUT2D eigenvalue weighted by molar-refractivity contribution is 0.101. The maximum atomic E-state index is 12.3. The molecule has 1 aliphatic rings. The van der Waals surface area contributed by atoms with Gasteiger partial charge in [0.05, 0.1) is 4.90 Å². The van der Waals surface area contributed by atoms with Crippen LogP contribution < -0.4 is 4.72 Å². The van der Waals surface area contributed by atoms with Crippen molar-refractivity contribution in [2.75, 3.05) is 26.2 Å². The SMILES string of the molecule is CCCN1CCC(CNS(=O)(=O)c2ccc(C(C)=O)cc2)CC1. The van der Waals surface area contributed by atoms with Crippen LogP contribution in [-0.2, 0) is 10.0 Å². The molecule has 0 atom stereocenters. The summed E-state index contributed by atoms with van der Waals surface area (Å²) in [6.07, 6.45) is 3.23. The van der Waals surface area contributed by atoms with Gasteiger partial charge in [-0.3, -0.25) is 4.79 Å². The summed E-state index contributed by atoms with van der Waals surface area (Å²) in [7, 11) is -3.50. The molecule has 0 spiro atoms. The second kappa shape index (κ2) is 8.04. The molecule has 0 aromatic heterocycles. The molecule has 1 aliphatic heterocycles. The number of benzene rings is 1. The summed E-state index contributed by atoms with van der Waals surface area (Å²) >= 11 is 0. The van der Waals surface area contributed by atoms with E-state index in [1.807, 2.05) is 0 Å². The third-order valence-electron chi connectivity index (χ3n) is 4.38. The van der Waals surface area contributed by atoms with Crippen molar-refractivity contribution in [3.63, 3.8) is 0 Å². The molecule has 2 rings (SSSR count). The van der Waals surface area contributed by atoms with Crippen LogP contribution in [0.1, 0.15) is 43.5 Å². The summed E-state index contributed by atoms with van der Waals surface area (Å²) in [4.78, 5) is 13.9. The van der Waals surface area contributed by atoms with E-state index >= 15 is 0 Å². The third-order valence-corrected chi connectivity index (χ3v) is 5.82. The first-order valence-electron chi connectivity index (χ1n) is 8.25. The van der Waals surface area contributed by atoms with E-state index in [0.29, 0.717) is 18.0 Å². The molecule has 0 amide bonds. The lowest BCUT2D eigenvalue weighted by Gasteiger charge is -2.31. The average molecular weight is 338 g/mol. The molecule has 0 unspecified atom stereocenters. The summed E-state index contributed by atoms with van der Waals surface area (Å²) in [5, 5.41) is 0. The topological polar surface area (TPSA) is 66.5 Å². The number of carbonyl (C=O) groups excluding carboxylic acids is 1. The van der Waals surface area contributed by atoms with E-state index in [9.17, 15) is 13.2 Å². The van der Waals surface area contributed by atoms with Gasteiger partial charge in [0.2, 0.25) is 10.0 Å². The Balaban J connectivity index is 1.88. The van der Waals surface area contributed by atoms with Crippen molar-refractivity contribution in [1.82, 2.24) is 9.62 Å². The molecule has 0 bridgehead atoms. The fraction of sp³-hybridized carbons (Fsp3) is 0.588. The number of sulfonamides is 1. The molecule has 1 saturated heterocycles. The Hall–Kier alpha value is -1.24. The molecule has 0 radical (unpaired) electrons. The first kappa shape index (κ1) is 18.1. The van der Waals surface area contributed by atoms with Crippen molar-refractivity contribution in [3.8, 4) is 0 Å². The molecule has 5 nitrogen and oxygen atoms in total. The normalized spacial score (nSPS) is 17.3. The average Bonchev–Trinajstić information content (AvgIpc) is 2.55. The number of ketones is 1. The monoisotopic (exact) mass is 338 g/mol. The fourth-order valence-electron chi connectivity index (χ4n) is 2.91. The minimum absolute atomic E-state index is 0.0688. The highest BCUT2D eigenvalue weighted by Crippen LogP contribution is 2.18. The predicted octanol–water partition coefficient (Wildman–Crippen LogP) is 2.29. The van der Waals surface area contributed by atoms with Crippen LogP contribution in [0.4, 0.5) is 0 Å². The molecule has 6 heteroatoms. The van der Waals surface area contributed by atoms with Crippen molar-refractivity contribution < 1.29 is 13.2 Å². The molecular weight excluding hydrogens is 312 g/mol. The van der Waals surface area contributed by atoms with Crippen LogP contribution >= 0.6 is 0 Å². The second-order valence-corrected chi connectivity index (χ2v) is 7.98. The van der Waals surface area contributed by atoms with Crippen LogP contribution in [0.25, 0.3) is 0 Å². The molecule has 23 heavy (non-hydrogen) atoms. The molecule has 1 fully saturated rings. The van der Waals surface area contributed by atoms with Crippen LogP contribution in [0.3, 0.4) is 0 Å². The zero-order valence-electron chi connectivity index (χ0n) is 13.9. The highest BCUT2D eigenvalue weighted by molar-refractivity contribution is 7.89. The number of hydrogen-bond donors (Lipinski definition) is 1. The van der Waals surface area contributed by atoms with Gasteiger partial charge in [0.1, 0.15) is 0 Å². The summed E-state index contributed by atoms with van der Waals surface area (Å²) in [6.45, 7) is 7.35. The molecular formula is C17H26N2O3S. The van der Waals surface area contributed by atoms with Crippen molar-refractivity contribution in [3.05, 3.63) is 29.8 Å². The van der Waals surface area contributed by atoms with Crippen LogP contribution in [0.5, 0.6) is 0 Å². The number of hydrogen-bond acceptors (Lipinski definition) is 4. The van der Waals surface area contributed by atoms with Crippen LogP contribution in [0.2, 0.25) is 0 Å². The smallest absolute Gasteiger partial charge is 0.240 e. The van der Waals surface area contributed by atoms with Crippen LogP contribution in [-0.4, -0.2) is 45.3 Å². The zero-order chi connectivity index (χ0) is 16.9. The van der Waals surface area contributed by atoms with Gasteiger partial charge in [0.25, 0.3) is 0 Å². The number of carbonyl (C=O) groups is 1. The van der Waals surface area contributed by atoms with Crippen molar-refractivity contribution in [2.45, 2.75) is 38.0 Å². The summed E-state index contributed by atoms with van der Waals surface area (Å²) in [5.74, 6) is 0.329. The molecule has 1 aromatic rings. The van der Waals surface area contributed by atoms with E-state index in [1.165, 1.54) is 19.1 Å². The van der Waals surface area contributed by atoms with E-state index in [1.54, 1.807) is 12.1 Å². The molecule has 0 saturated carbocycles. The van der Waals surface area contributed by atoms with E-state index in [0.717, 1.165) is 38.9 Å². The minimum atomic E-state index is -3.50. The van der Waals surface area contributed by atoms with E-state index in [4.69, 9.17) is 0 Å². The number of nitrogens with one attached hydrogen (secondary N) is 1. The highest BCUT2D eigenvalue weighted by Gasteiger charge is 2.21. The van der Waals surface area contributed by atoms with Crippen molar-refractivity contribution >= 4 is 15.8 Å². The summed E-state index contributed by atoms with van der Waals surface area (Å²) in [6, 6.07) is 6.09. The molecule has 1 aromatic carbocycles. The third kappa shape index (κ3) is 5.12. The van der Waals surface area contributed by atoms with Crippen molar-refractivity contribution in [1.29, 1.82) is 0 Å². The van der Waals surface area contributed by atoms with Gasteiger partial charge < -0.3 is 4.90 Å². The maximum Gasteiger partial charge on any atom is 0.240 e. The first-order chi connectivity index (χ1) is 10.9. The van der Waals surface area contributed by atoms with Gasteiger partial charge >= 0.3 is 0 Å². The quantitative estimate of drug-likeness (QED) is 0.775. The van der Waals surface area contributed by atoms with E-state index < -0.39 is 10.0 Å². The Labute approximate surface area is 139 Å². The van der Waals surface area contributed by atoms with Gasteiger partial charge in [-0.15, -0.1) is 0 Å². The number of piperidine rings is 1. The van der Waals surface area contributed by atoms with E-state index in [2.05, 4.69) is 16.5 Å². The fourth-order valence-corrected chi connectivity index (χ4v) is 4.03. The van der Waals surface area contributed by atoms with Gasteiger partial charge in [-0.05, 0) is 63.9 Å². The van der Waals surface area contributed by atoms with E-state index in [-0.39, 0.29) is 10.7 Å². The number of nitrogens with zero attached hydrogens (tertiary/aromatic N) is 1. The first-order valence-corrected chi connectivity index (χ1v) is 9.73. The number of Topliss-reactive ketones (excluding diaryl/α,β-unsaturated/α-hetero) is 1. The molecule has 128 valence electrons. The number of rotatable bonds is 7. The Morgan fingerprint density at radius 1 is 1.22 bits per heavy atom. The summed E-state index contributed by atoms with van der Waals surface area (Å²) < 4.78 is 27.3.